The molecule has 0 aliphatic heterocycles. The summed E-state index contributed by atoms with van der Waals surface area (Å²) < 4.78 is 1.77. The highest BCUT2D eigenvalue weighted by Gasteiger charge is 2.09. The van der Waals surface area contributed by atoms with Crippen LogP contribution in [0.15, 0.2) is 51.5 Å². The average molecular weight is 355 g/mol. The Balaban J connectivity index is 2.20. The van der Waals surface area contributed by atoms with Crippen molar-refractivity contribution in [2.45, 2.75) is 6.42 Å². The third-order valence-electron chi connectivity index (χ3n) is 2.25. The molecule has 0 aliphatic rings. The molecule has 0 atom stereocenters. The van der Waals surface area contributed by atoms with Gasteiger partial charge in [-0.05, 0) is 30.3 Å². The molecule has 1 aromatic heterocycles. The smallest absolute Gasteiger partial charge is 0.168 e. The zero-order valence-corrected chi connectivity index (χ0v) is 12.0. The quantitative estimate of drug-likeness (QED) is 0.779. The molecule has 1 heterocycles. The van der Waals surface area contributed by atoms with Gasteiger partial charge in [0.15, 0.2) is 5.78 Å². The lowest BCUT2D eigenvalue weighted by Gasteiger charge is -2.02. The van der Waals surface area contributed by atoms with Gasteiger partial charge in [0, 0.05) is 26.4 Å². The van der Waals surface area contributed by atoms with Crippen molar-refractivity contribution < 1.29 is 4.79 Å². The van der Waals surface area contributed by atoms with E-state index in [4.69, 9.17) is 0 Å². The number of carbonyl (C=O) groups excluding carboxylic acids is 1. The third kappa shape index (κ3) is 3.48. The van der Waals surface area contributed by atoms with E-state index < -0.39 is 0 Å². The second-order valence-electron chi connectivity index (χ2n) is 3.58. The van der Waals surface area contributed by atoms with Gasteiger partial charge in [0.2, 0.25) is 0 Å². The molecule has 17 heavy (non-hydrogen) atoms. The molecule has 1 aromatic carbocycles. The number of pyridine rings is 1. The predicted molar refractivity (Wildman–Crippen MR) is 74.1 cm³/mol. The molecular formula is C13H9Br2NO. The van der Waals surface area contributed by atoms with E-state index in [1.54, 1.807) is 6.20 Å². The summed E-state index contributed by atoms with van der Waals surface area (Å²) in [5.41, 5.74) is 1.46. The number of nitrogens with zero attached hydrogens (tertiary/aromatic N) is 1. The number of benzene rings is 1. The molecule has 0 unspecified atom stereocenters. The second kappa shape index (κ2) is 5.56. The number of carbonyl (C=O) groups is 1. The molecule has 0 saturated carbocycles. The fourth-order valence-electron chi connectivity index (χ4n) is 1.48. The molecule has 0 fully saturated rings. The summed E-state index contributed by atoms with van der Waals surface area (Å²) in [4.78, 5) is 16.2. The fraction of sp³-hybridized carbons (Fsp3) is 0.0769. The normalized spacial score (nSPS) is 10.2. The summed E-state index contributed by atoms with van der Waals surface area (Å²) in [7, 11) is 0. The SMILES string of the molecule is O=C(Cc1ccccn1)c1cc(Br)cc(Br)c1. The topological polar surface area (TPSA) is 30.0 Å². The van der Waals surface area contributed by atoms with E-state index in [1.165, 1.54) is 0 Å². The summed E-state index contributed by atoms with van der Waals surface area (Å²) in [6.45, 7) is 0. The van der Waals surface area contributed by atoms with Crippen LogP contribution in [0.5, 0.6) is 0 Å². The van der Waals surface area contributed by atoms with Crippen molar-refractivity contribution in [3.8, 4) is 0 Å². The van der Waals surface area contributed by atoms with Crippen molar-refractivity contribution in [1.29, 1.82) is 0 Å². The van der Waals surface area contributed by atoms with E-state index in [1.807, 2.05) is 36.4 Å². The minimum Gasteiger partial charge on any atom is -0.294 e. The Morgan fingerprint density at radius 1 is 1.12 bits per heavy atom. The Labute approximate surface area is 116 Å². The van der Waals surface area contributed by atoms with Gasteiger partial charge in [-0.3, -0.25) is 9.78 Å². The number of hydrogen-bond donors (Lipinski definition) is 0. The Morgan fingerprint density at radius 2 is 1.82 bits per heavy atom. The fourth-order valence-corrected chi connectivity index (χ4v) is 2.78. The van der Waals surface area contributed by atoms with Crippen molar-refractivity contribution in [1.82, 2.24) is 4.98 Å². The third-order valence-corrected chi connectivity index (χ3v) is 3.17. The highest BCUT2D eigenvalue weighted by atomic mass is 79.9. The Bertz CT molecular complexity index is 520. The van der Waals surface area contributed by atoms with Crippen molar-refractivity contribution >= 4 is 37.6 Å². The van der Waals surface area contributed by atoms with Crippen molar-refractivity contribution in [3.63, 3.8) is 0 Å². The Morgan fingerprint density at radius 3 is 2.41 bits per heavy atom. The molecule has 2 rings (SSSR count). The Hall–Kier alpha value is -1.000. The summed E-state index contributed by atoms with van der Waals surface area (Å²) >= 11 is 6.74. The van der Waals surface area contributed by atoms with Gasteiger partial charge in [-0.25, -0.2) is 0 Å². The van der Waals surface area contributed by atoms with Crippen LogP contribution in [0.3, 0.4) is 0 Å². The van der Waals surface area contributed by atoms with E-state index in [0.717, 1.165) is 14.6 Å². The first-order valence-electron chi connectivity index (χ1n) is 5.04. The standard InChI is InChI=1S/C13H9Br2NO/c14-10-5-9(6-11(15)7-10)13(17)8-12-3-1-2-4-16-12/h1-7H,8H2. The van der Waals surface area contributed by atoms with E-state index in [0.29, 0.717) is 12.0 Å². The van der Waals surface area contributed by atoms with Crippen molar-refractivity contribution in [2.24, 2.45) is 0 Å². The van der Waals surface area contributed by atoms with Crippen LogP contribution >= 0.6 is 31.9 Å². The van der Waals surface area contributed by atoms with Crippen LogP contribution in [-0.4, -0.2) is 10.8 Å². The molecule has 0 bridgehead atoms. The maximum Gasteiger partial charge on any atom is 0.168 e. The van der Waals surface area contributed by atoms with Crippen LogP contribution in [0, 0.1) is 0 Å². The lowest BCUT2D eigenvalue weighted by atomic mass is 10.1. The maximum atomic E-state index is 12.0. The van der Waals surface area contributed by atoms with Gasteiger partial charge in [-0.15, -0.1) is 0 Å². The van der Waals surface area contributed by atoms with Crippen molar-refractivity contribution in [3.05, 3.63) is 62.8 Å². The van der Waals surface area contributed by atoms with Crippen LogP contribution in [0.25, 0.3) is 0 Å². The molecular weight excluding hydrogens is 346 g/mol. The monoisotopic (exact) mass is 353 g/mol. The van der Waals surface area contributed by atoms with Gasteiger partial charge in [-0.2, -0.15) is 0 Å². The van der Waals surface area contributed by atoms with Gasteiger partial charge in [0.25, 0.3) is 0 Å². The lowest BCUT2D eigenvalue weighted by molar-refractivity contribution is 0.0992. The highest BCUT2D eigenvalue weighted by Crippen LogP contribution is 2.21. The van der Waals surface area contributed by atoms with Gasteiger partial charge in [0.1, 0.15) is 0 Å². The largest absolute Gasteiger partial charge is 0.294 e. The van der Waals surface area contributed by atoms with Crippen LogP contribution in [0.2, 0.25) is 0 Å². The highest BCUT2D eigenvalue weighted by molar-refractivity contribution is 9.11. The van der Waals surface area contributed by atoms with E-state index in [-0.39, 0.29) is 5.78 Å². The van der Waals surface area contributed by atoms with E-state index >= 15 is 0 Å². The predicted octanol–water partition coefficient (Wildman–Crippen LogP) is 4.03. The second-order valence-corrected chi connectivity index (χ2v) is 5.41. The van der Waals surface area contributed by atoms with E-state index in [2.05, 4.69) is 36.8 Å². The number of hydrogen-bond acceptors (Lipinski definition) is 2. The van der Waals surface area contributed by atoms with Crippen LogP contribution in [0.1, 0.15) is 16.1 Å². The van der Waals surface area contributed by atoms with Gasteiger partial charge >= 0.3 is 0 Å². The minimum atomic E-state index is 0.0608. The zero-order chi connectivity index (χ0) is 12.3. The average Bonchev–Trinajstić information content (AvgIpc) is 2.29. The summed E-state index contributed by atoms with van der Waals surface area (Å²) in [6.07, 6.45) is 2.02. The molecule has 0 radical (unpaired) electrons. The number of rotatable bonds is 3. The molecule has 2 nitrogen and oxygen atoms in total. The zero-order valence-electron chi connectivity index (χ0n) is 8.86. The lowest BCUT2D eigenvalue weighted by Crippen LogP contribution is -2.04. The van der Waals surface area contributed by atoms with Gasteiger partial charge in [-0.1, -0.05) is 37.9 Å². The van der Waals surface area contributed by atoms with Crippen molar-refractivity contribution in [2.75, 3.05) is 0 Å². The van der Waals surface area contributed by atoms with Gasteiger partial charge < -0.3 is 0 Å². The molecule has 0 amide bonds. The molecule has 0 aliphatic carbocycles. The first-order valence-corrected chi connectivity index (χ1v) is 6.63. The summed E-state index contributed by atoms with van der Waals surface area (Å²) in [6, 6.07) is 11.1. The van der Waals surface area contributed by atoms with Gasteiger partial charge in [0.05, 0.1) is 6.42 Å². The molecule has 0 spiro atoms. The molecule has 2 aromatic rings. The summed E-state index contributed by atoms with van der Waals surface area (Å²) in [5, 5.41) is 0. The van der Waals surface area contributed by atoms with Crippen LogP contribution < -0.4 is 0 Å². The molecule has 0 saturated heterocycles. The number of ketones is 1. The number of Topliss-reactive ketones (excluding diaryl/α,β-unsaturated/α-hetero) is 1. The Kier molecular flexibility index (Phi) is 4.07. The maximum absolute atomic E-state index is 12.0. The number of halogens is 2. The van der Waals surface area contributed by atoms with Crippen LogP contribution in [0.4, 0.5) is 0 Å². The first-order chi connectivity index (χ1) is 8.15. The molecule has 0 N–H and O–H groups in total. The molecule has 4 heteroatoms. The summed E-state index contributed by atoms with van der Waals surface area (Å²) in [5.74, 6) is 0.0608. The van der Waals surface area contributed by atoms with Crippen LogP contribution in [-0.2, 0) is 6.42 Å². The minimum absolute atomic E-state index is 0.0608. The first kappa shape index (κ1) is 12.5. The number of aromatic nitrogens is 1. The molecule has 86 valence electrons. The van der Waals surface area contributed by atoms with E-state index in [9.17, 15) is 4.79 Å².